The van der Waals surface area contributed by atoms with E-state index in [1.807, 2.05) is 49.6 Å². The van der Waals surface area contributed by atoms with E-state index in [1.54, 1.807) is 11.8 Å². The zero-order chi connectivity index (χ0) is 23.8. The molecule has 2 unspecified atom stereocenters. The van der Waals surface area contributed by atoms with E-state index in [0.717, 1.165) is 29.8 Å². The van der Waals surface area contributed by atoms with Crippen molar-refractivity contribution in [3.8, 4) is 11.1 Å². The van der Waals surface area contributed by atoms with Gasteiger partial charge in [-0.1, -0.05) is 43.7 Å². The number of carbonyl (C=O) groups is 2. The molecule has 1 saturated heterocycles. The summed E-state index contributed by atoms with van der Waals surface area (Å²) in [6.07, 6.45) is 7.23. The van der Waals surface area contributed by atoms with Crippen LogP contribution in [0.5, 0.6) is 0 Å². The number of benzene rings is 2. The van der Waals surface area contributed by atoms with Crippen molar-refractivity contribution in [2.24, 2.45) is 0 Å². The Balaban J connectivity index is 1.92. The van der Waals surface area contributed by atoms with E-state index in [0.29, 0.717) is 23.8 Å². The lowest BCUT2D eigenvalue weighted by Gasteiger charge is -2.25. The molecular weight excluding hydrogens is 432 g/mol. The number of carbonyl (C=O) groups excluding carboxylic acids is 1. The molecule has 0 saturated carbocycles. The molecule has 0 bridgehead atoms. The standard InChI is InChI=1S/C27H36N2O3S/c1-4-8-21-10-7-15-29(21)18-20-12-13-23(24(17-20)22-11-6-5-9-19(22)2)26(30)28-25(27(31)32)14-16-33-3/h5-6,9,11-13,17,21,25H,4,7-8,10,14-16,18H2,1-3H3,(H,28,30)(H,31,32). The lowest BCUT2D eigenvalue weighted by atomic mass is 9.93. The van der Waals surface area contributed by atoms with Gasteiger partial charge in [0.1, 0.15) is 6.04 Å². The Kier molecular flexibility index (Phi) is 9.39. The number of thioether (sulfide) groups is 1. The molecule has 3 rings (SSSR count). The fourth-order valence-electron chi connectivity index (χ4n) is 4.71. The molecule has 0 aromatic heterocycles. The molecule has 5 nitrogen and oxygen atoms in total. The molecule has 2 aromatic carbocycles. The van der Waals surface area contributed by atoms with Gasteiger partial charge in [0.05, 0.1) is 0 Å². The number of aliphatic carboxylic acids is 1. The third-order valence-corrected chi connectivity index (χ3v) is 7.13. The number of nitrogens with zero attached hydrogens (tertiary/aromatic N) is 1. The van der Waals surface area contributed by atoms with E-state index in [4.69, 9.17) is 0 Å². The summed E-state index contributed by atoms with van der Waals surface area (Å²) < 4.78 is 0. The Morgan fingerprint density at radius 3 is 2.70 bits per heavy atom. The molecule has 1 amide bonds. The van der Waals surface area contributed by atoms with Gasteiger partial charge in [-0.3, -0.25) is 9.69 Å². The average Bonchev–Trinajstić information content (AvgIpc) is 3.23. The van der Waals surface area contributed by atoms with Crippen LogP contribution in [0.3, 0.4) is 0 Å². The highest BCUT2D eigenvalue weighted by Crippen LogP contribution is 2.30. The Morgan fingerprint density at radius 2 is 2.00 bits per heavy atom. The zero-order valence-electron chi connectivity index (χ0n) is 20.0. The minimum atomic E-state index is -0.998. The quantitative estimate of drug-likeness (QED) is 0.464. The first-order valence-electron chi connectivity index (χ1n) is 11.9. The Bertz CT molecular complexity index is 962. The Morgan fingerprint density at radius 1 is 1.21 bits per heavy atom. The van der Waals surface area contributed by atoms with E-state index in [2.05, 4.69) is 23.2 Å². The summed E-state index contributed by atoms with van der Waals surface area (Å²) in [5.41, 5.74) is 4.67. The summed E-state index contributed by atoms with van der Waals surface area (Å²) in [7, 11) is 0. The molecule has 1 aliphatic heterocycles. The minimum absolute atomic E-state index is 0.335. The fraction of sp³-hybridized carbons (Fsp3) is 0.481. The third-order valence-electron chi connectivity index (χ3n) is 6.48. The van der Waals surface area contributed by atoms with E-state index < -0.39 is 12.0 Å². The van der Waals surface area contributed by atoms with E-state index >= 15 is 0 Å². The van der Waals surface area contributed by atoms with Crippen molar-refractivity contribution >= 4 is 23.6 Å². The molecular formula is C27H36N2O3S. The van der Waals surface area contributed by atoms with Gasteiger partial charge in [-0.15, -0.1) is 0 Å². The Labute approximate surface area is 202 Å². The van der Waals surface area contributed by atoms with Gasteiger partial charge in [0.2, 0.25) is 0 Å². The summed E-state index contributed by atoms with van der Waals surface area (Å²) in [6, 6.07) is 13.8. The molecule has 0 aliphatic carbocycles. The number of carboxylic acids is 1. The van der Waals surface area contributed by atoms with Crippen LogP contribution in [0.1, 0.15) is 60.5 Å². The lowest BCUT2D eigenvalue weighted by Crippen LogP contribution is -2.41. The highest BCUT2D eigenvalue weighted by molar-refractivity contribution is 7.98. The van der Waals surface area contributed by atoms with Gasteiger partial charge in [0, 0.05) is 18.2 Å². The summed E-state index contributed by atoms with van der Waals surface area (Å²) in [4.78, 5) is 27.5. The van der Waals surface area contributed by atoms with Crippen LogP contribution < -0.4 is 5.32 Å². The van der Waals surface area contributed by atoms with Gasteiger partial charge < -0.3 is 10.4 Å². The number of hydrogen-bond acceptors (Lipinski definition) is 4. The second kappa shape index (κ2) is 12.2. The average molecular weight is 469 g/mol. The predicted molar refractivity (Wildman–Crippen MR) is 137 cm³/mol. The van der Waals surface area contributed by atoms with Crippen LogP contribution in [0.2, 0.25) is 0 Å². The van der Waals surface area contributed by atoms with Crippen molar-refractivity contribution in [1.82, 2.24) is 10.2 Å². The maximum absolute atomic E-state index is 13.2. The molecule has 1 fully saturated rings. The maximum Gasteiger partial charge on any atom is 0.326 e. The molecule has 2 atom stereocenters. The van der Waals surface area contributed by atoms with Crippen molar-refractivity contribution in [2.75, 3.05) is 18.6 Å². The number of aryl methyl sites for hydroxylation is 1. The van der Waals surface area contributed by atoms with E-state index in [-0.39, 0.29) is 5.91 Å². The van der Waals surface area contributed by atoms with Gasteiger partial charge in [-0.2, -0.15) is 11.8 Å². The predicted octanol–water partition coefficient (Wildman–Crippen LogP) is 5.36. The second-order valence-electron chi connectivity index (χ2n) is 8.90. The smallest absolute Gasteiger partial charge is 0.326 e. The highest BCUT2D eigenvalue weighted by Gasteiger charge is 2.25. The van der Waals surface area contributed by atoms with Crippen molar-refractivity contribution in [1.29, 1.82) is 0 Å². The van der Waals surface area contributed by atoms with Gasteiger partial charge in [0.15, 0.2) is 0 Å². The molecule has 2 N–H and O–H groups in total. The van der Waals surface area contributed by atoms with Crippen LogP contribution in [0.25, 0.3) is 11.1 Å². The first kappa shape index (κ1) is 25.3. The number of carboxylic acid groups (broad SMARTS) is 1. The molecule has 0 radical (unpaired) electrons. The SMILES string of the molecule is CCCC1CCCN1Cc1ccc(C(=O)NC(CCSC)C(=O)O)c(-c2ccccc2C)c1. The van der Waals surface area contributed by atoms with Crippen molar-refractivity contribution < 1.29 is 14.7 Å². The van der Waals surface area contributed by atoms with Crippen molar-refractivity contribution in [2.45, 2.75) is 64.6 Å². The van der Waals surface area contributed by atoms with E-state index in [1.165, 1.54) is 31.2 Å². The van der Waals surface area contributed by atoms with Crippen molar-refractivity contribution in [3.63, 3.8) is 0 Å². The Hall–Kier alpha value is -2.31. The first-order valence-corrected chi connectivity index (χ1v) is 13.3. The van der Waals surface area contributed by atoms with Gasteiger partial charge >= 0.3 is 5.97 Å². The normalized spacial score (nSPS) is 17.1. The van der Waals surface area contributed by atoms with Crippen LogP contribution >= 0.6 is 11.8 Å². The number of rotatable bonds is 11. The summed E-state index contributed by atoms with van der Waals surface area (Å²) >= 11 is 1.57. The highest BCUT2D eigenvalue weighted by atomic mass is 32.2. The number of nitrogens with one attached hydrogen (secondary N) is 1. The first-order chi connectivity index (χ1) is 15.9. The fourth-order valence-corrected chi connectivity index (χ4v) is 5.18. The molecule has 0 spiro atoms. The largest absolute Gasteiger partial charge is 0.480 e. The molecule has 2 aromatic rings. The summed E-state index contributed by atoms with van der Waals surface area (Å²) in [5.74, 6) is -0.656. The number of amides is 1. The number of hydrogen-bond donors (Lipinski definition) is 2. The monoisotopic (exact) mass is 468 g/mol. The number of likely N-dealkylation sites (tertiary alicyclic amines) is 1. The van der Waals surface area contributed by atoms with Gasteiger partial charge in [0.25, 0.3) is 5.91 Å². The van der Waals surface area contributed by atoms with Crippen LogP contribution in [0, 0.1) is 6.92 Å². The molecule has 33 heavy (non-hydrogen) atoms. The second-order valence-corrected chi connectivity index (χ2v) is 9.88. The van der Waals surface area contributed by atoms with E-state index in [9.17, 15) is 14.7 Å². The third kappa shape index (κ3) is 6.61. The van der Waals surface area contributed by atoms with Crippen molar-refractivity contribution in [3.05, 3.63) is 59.2 Å². The van der Waals surface area contributed by atoms with Crippen LogP contribution in [-0.2, 0) is 11.3 Å². The molecule has 1 aliphatic rings. The van der Waals surface area contributed by atoms with Gasteiger partial charge in [-0.05, 0) is 85.5 Å². The van der Waals surface area contributed by atoms with Crippen LogP contribution in [0.4, 0.5) is 0 Å². The molecule has 6 heteroatoms. The lowest BCUT2D eigenvalue weighted by molar-refractivity contribution is -0.139. The zero-order valence-corrected chi connectivity index (χ0v) is 20.8. The minimum Gasteiger partial charge on any atom is -0.480 e. The summed E-state index contributed by atoms with van der Waals surface area (Å²) in [5, 5.41) is 12.3. The van der Waals surface area contributed by atoms with Gasteiger partial charge in [-0.25, -0.2) is 4.79 Å². The topological polar surface area (TPSA) is 69.6 Å². The molecule has 1 heterocycles. The van der Waals surface area contributed by atoms with Crippen LogP contribution in [0.15, 0.2) is 42.5 Å². The summed E-state index contributed by atoms with van der Waals surface area (Å²) in [6.45, 7) is 6.27. The van der Waals surface area contributed by atoms with Crippen LogP contribution in [-0.4, -0.2) is 52.5 Å². The molecule has 178 valence electrons. The maximum atomic E-state index is 13.2.